The summed E-state index contributed by atoms with van der Waals surface area (Å²) in [4.78, 5) is 9.89. The molecule has 1 aliphatic carbocycles. The standard InChI is InChI=1S/C12H14FNO3/c13-12-7-9(14(16)17)3-6-11(12)8-1-4-10(15)5-2-8/h3,6-8,10,15H,1-2,4-5H2. The van der Waals surface area contributed by atoms with Crippen LogP contribution in [0.2, 0.25) is 0 Å². The first-order valence-corrected chi connectivity index (χ1v) is 5.70. The highest BCUT2D eigenvalue weighted by Gasteiger charge is 2.24. The molecule has 0 unspecified atom stereocenters. The van der Waals surface area contributed by atoms with Crippen LogP contribution in [0.4, 0.5) is 10.1 Å². The van der Waals surface area contributed by atoms with Gasteiger partial charge in [-0.15, -0.1) is 0 Å². The fraction of sp³-hybridized carbons (Fsp3) is 0.500. The van der Waals surface area contributed by atoms with Crippen molar-refractivity contribution in [3.05, 3.63) is 39.7 Å². The molecule has 0 aromatic heterocycles. The number of benzene rings is 1. The Morgan fingerprint density at radius 1 is 1.29 bits per heavy atom. The lowest BCUT2D eigenvalue weighted by Crippen LogP contribution is -2.17. The number of non-ortho nitro benzene ring substituents is 1. The van der Waals surface area contributed by atoms with Crippen molar-refractivity contribution in [3.8, 4) is 0 Å². The SMILES string of the molecule is O=[N+]([O-])c1ccc(C2CCC(O)CC2)c(F)c1. The molecular weight excluding hydrogens is 225 g/mol. The fourth-order valence-corrected chi connectivity index (χ4v) is 2.35. The van der Waals surface area contributed by atoms with Gasteiger partial charge >= 0.3 is 0 Å². The van der Waals surface area contributed by atoms with Gasteiger partial charge in [-0.2, -0.15) is 0 Å². The quantitative estimate of drug-likeness (QED) is 0.637. The Balaban J connectivity index is 2.19. The summed E-state index contributed by atoms with van der Waals surface area (Å²) < 4.78 is 13.7. The topological polar surface area (TPSA) is 63.4 Å². The van der Waals surface area contributed by atoms with Gasteiger partial charge in [0.1, 0.15) is 5.82 Å². The summed E-state index contributed by atoms with van der Waals surface area (Å²) in [6.07, 6.45) is 2.51. The van der Waals surface area contributed by atoms with Gasteiger partial charge in [-0.1, -0.05) is 0 Å². The van der Waals surface area contributed by atoms with Gasteiger partial charge in [0.05, 0.1) is 17.1 Å². The molecule has 0 radical (unpaired) electrons. The van der Waals surface area contributed by atoms with Crippen LogP contribution in [0, 0.1) is 15.9 Å². The third kappa shape index (κ3) is 2.61. The van der Waals surface area contributed by atoms with E-state index in [1.54, 1.807) is 0 Å². The Kier molecular flexibility index (Phi) is 3.38. The van der Waals surface area contributed by atoms with Crippen LogP contribution in [0.5, 0.6) is 0 Å². The average Bonchev–Trinajstić information content (AvgIpc) is 2.30. The lowest BCUT2D eigenvalue weighted by Gasteiger charge is -2.25. The van der Waals surface area contributed by atoms with Crippen LogP contribution in [-0.2, 0) is 0 Å². The monoisotopic (exact) mass is 239 g/mol. The van der Waals surface area contributed by atoms with E-state index in [-0.39, 0.29) is 17.7 Å². The number of halogens is 1. The molecule has 17 heavy (non-hydrogen) atoms. The zero-order valence-electron chi connectivity index (χ0n) is 9.30. The predicted molar refractivity (Wildman–Crippen MR) is 60.3 cm³/mol. The van der Waals surface area contributed by atoms with Crippen LogP contribution < -0.4 is 0 Å². The van der Waals surface area contributed by atoms with E-state index in [0.29, 0.717) is 18.4 Å². The van der Waals surface area contributed by atoms with Gasteiger partial charge < -0.3 is 5.11 Å². The van der Waals surface area contributed by atoms with Crippen molar-refractivity contribution in [2.75, 3.05) is 0 Å². The van der Waals surface area contributed by atoms with Gasteiger partial charge in [0.2, 0.25) is 0 Å². The Morgan fingerprint density at radius 3 is 2.47 bits per heavy atom. The van der Waals surface area contributed by atoms with Crippen LogP contribution in [-0.4, -0.2) is 16.1 Å². The first-order valence-electron chi connectivity index (χ1n) is 5.70. The summed E-state index contributed by atoms with van der Waals surface area (Å²) in [5.41, 5.74) is 0.310. The van der Waals surface area contributed by atoms with Crippen molar-refractivity contribution in [2.24, 2.45) is 0 Å². The van der Waals surface area contributed by atoms with Crippen LogP contribution in [0.15, 0.2) is 18.2 Å². The number of rotatable bonds is 2. The molecule has 5 heteroatoms. The molecule has 1 aromatic rings. The number of aliphatic hydroxyl groups excluding tert-OH is 1. The minimum Gasteiger partial charge on any atom is -0.393 e. The summed E-state index contributed by atoms with van der Waals surface area (Å²) >= 11 is 0. The second-order valence-electron chi connectivity index (χ2n) is 4.47. The van der Waals surface area contributed by atoms with E-state index in [4.69, 9.17) is 0 Å². The molecule has 0 bridgehead atoms. The van der Waals surface area contributed by atoms with Crippen molar-refractivity contribution >= 4 is 5.69 Å². The van der Waals surface area contributed by atoms with Crippen molar-refractivity contribution in [3.63, 3.8) is 0 Å². The lowest BCUT2D eigenvalue weighted by atomic mass is 9.82. The van der Waals surface area contributed by atoms with Crippen molar-refractivity contribution < 1.29 is 14.4 Å². The number of hydrogen-bond donors (Lipinski definition) is 1. The van der Waals surface area contributed by atoms with E-state index in [9.17, 15) is 19.6 Å². The van der Waals surface area contributed by atoms with Gasteiger partial charge in [0.25, 0.3) is 5.69 Å². The molecule has 0 amide bonds. The molecular formula is C12H14FNO3. The van der Waals surface area contributed by atoms with Gasteiger partial charge in [-0.25, -0.2) is 4.39 Å². The molecule has 0 saturated heterocycles. The Hall–Kier alpha value is -1.49. The minimum atomic E-state index is -0.600. The molecule has 0 spiro atoms. The molecule has 1 aliphatic rings. The molecule has 0 aliphatic heterocycles. The molecule has 1 N–H and O–H groups in total. The lowest BCUT2D eigenvalue weighted by molar-refractivity contribution is -0.385. The normalized spacial score (nSPS) is 24.6. The van der Waals surface area contributed by atoms with Crippen LogP contribution in [0.1, 0.15) is 37.2 Å². The molecule has 4 nitrogen and oxygen atoms in total. The summed E-state index contributed by atoms with van der Waals surface area (Å²) in [7, 11) is 0. The third-order valence-electron chi connectivity index (χ3n) is 3.33. The summed E-state index contributed by atoms with van der Waals surface area (Å²) in [6, 6.07) is 3.81. The number of aliphatic hydroxyl groups is 1. The number of nitro groups is 1. The molecule has 92 valence electrons. The van der Waals surface area contributed by atoms with Crippen molar-refractivity contribution in [1.82, 2.24) is 0 Å². The van der Waals surface area contributed by atoms with Gasteiger partial charge in [-0.3, -0.25) is 10.1 Å². The molecule has 1 aromatic carbocycles. The fourth-order valence-electron chi connectivity index (χ4n) is 2.35. The molecule has 1 fully saturated rings. The van der Waals surface area contributed by atoms with Crippen molar-refractivity contribution in [2.45, 2.75) is 37.7 Å². The first kappa shape index (κ1) is 12.0. The zero-order valence-corrected chi connectivity index (χ0v) is 9.30. The second-order valence-corrected chi connectivity index (χ2v) is 4.47. The third-order valence-corrected chi connectivity index (χ3v) is 3.33. The zero-order chi connectivity index (χ0) is 12.4. The Morgan fingerprint density at radius 2 is 1.94 bits per heavy atom. The second kappa shape index (κ2) is 4.79. The smallest absolute Gasteiger partial charge is 0.272 e. The predicted octanol–water partition coefficient (Wildman–Crippen LogP) is 2.75. The molecule has 1 saturated carbocycles. The van der Waals surface area contributed by atoms with Gasteiger partial charge in [0.15, 0.2) is 0 Å². The van der Waals surface area contributed by atoms with Gasteiger partial charge in [0, 0.05) is 6.07 Å². The van der Waals surface area contributed by atoms with E-state index in [0.717, 1.165) is 18.9 Å². The van der Waals surface area contributed by atoms with Crippen LogP contribution in [0.25, 0.3) is 0 Å². The average molecular weight is 239 g/mol. The number of hydrogen-bond acceptors (Lipinski definition) is 3. The maximum atomic E-state index is 13.7. The van der Waals surface area contributed by atoms with E-state index < -0.39 is 10.7 Å². The van der Waals surface area contributed by atoms with E-state index in [2.05, 4.69) is 0 Å². The molecule has 2 rings (SSSR count). The summed E-state index contributed by atoms with van der Waals surface area (Å²) in [5.74, 6) is -0.445. The highest BCUT2D eigenvalue weighted by Crippen LogP contribution is 2.35. The van der Waals surface area contributed by atoms with E-state index >= 15 is 0 Å². The van der Waals surface area contributed by atoms with E-state index in [1.807, 2.05) is 0 Å². The maximum Gasteiger partial charge on any atom is 0.272 e. The van der Waals surface area contributed by atoms with Gasteiger partial charge in [-0.05, 0) is 43.2 Å². The maximum absolute atomic E-state index is 13.7. The van der Waals surface area contributed by atoms with E-state index in [1.165, 1.54) is 12.1 Å². The minimum absolute atomic E-state index is 0.0687. The van der Waals surface area contributed by atoms with Crippen LogP contribution >= 0.6 is 0 Å². The van der Waals surface area contributed by atoms with Crippen molar-refractivity contribution in [1.29, 1.82) is 0 Å². The first-order chi connectivity index (χ1) is 8.08. The molecule has 0 atom stereocenters. The summed E-state index contributed by atoms with van der Waals surface area (Å²) in [6.45, 7) is 0. The Labute approximate surface area is 98.2 Å². The highest BCUT2D eigenvalue weighted by atomic mass is 19.1. The Bertz CT molecular complexity index is 428. The highest BCUT2D eigenvalue weighted by molar-refractivity contribution is 5.36. The number of nitrogens with zero attached hydrogens (tertiary/aromatic N) is 1. The van der Waals surface area contributed by atoms with Crippen LogP contribution in [0.3, 0.4) is 0 Å². The largest absolute Gasteiger partial charge is 0.393 e. The summed E-state index contributed by atoms with van der Waals surface area (Å²) in [5, 5.41) is 19.9. The number of nitro benzene ring substituents is 1. The molecule has 0 heterocycles.